The number of aromatic amines is 2. The first-order chi connectivity index (χ1) is 11.9. The van der Waals surface area contributed by atoms with Gasteiger partial charge in [-0.15, -0.1) is 0 Å². The maximum absolute atomic E-state index is 12.0. The predicted molar refractivity (Wildman–Crippen MR) is 92.8 cm³/mol. The molecule has 0 saturated carbocycles. The van der Waals surface area contributed by atoms with Gasteiger partial charge in [0.05, 0.1) is 16.7 Å². The molecule has 1 amide bonds. The second kappa shape index (κ2) is 6.77. The van der Waals surface area contributed by atoms with Crippen LogP contribution in [-0.2, 0) is 10.5 Å². The van der Waals surface area contributed by atoms with Crippen LogP contribution in [0.2, 0.25) is 0 Å². The second-order valence-electron chi connectivity index (χ2n) is 5.07. The lowest BCUT2D eigenvalue weighted by molar-refractivity contribution is -0.114. The summed E-state index contributed by atoms with van der Waals surface area (Å²) in [6.45, 7) is 1.21. The minimum Gasteiger partial charge on any atom is -0.492 e. The molecule has 0 aliphatic carbocycles. The van der Waals surface area contributed by atoms with Crippen molar-refractivity contribution in [3.05, 3.63) is 50.8 Å². The Balaban J connectivity index is 1.83. The molecular weight excluding hydrogens is 346 g/mol. The zero-order valence-corrected chi connectivity index (χ0v) is 13.8. The summed E-state index contributed by atoms with van der Waals surface area (Å²) in [7, 11) is 0. The van der Waals surface area contributed by atoms with Crippen molar-refractivity contribution in [1.82, 2.24) is 19.9 Å². The van der Waals surface area contributed by atoms with Crippen LogP contribution in [0.25, 0.3) is 10.9 Å². The van der Waals surface area contributed by atoms with Crippen LogP contribution in [-0.4, -0.2) is 30.9 Å². The van der Waals surface area contributed by atoms with Gasteiger partial charge in [-0.05, 0) is 12.1 Å². The van der Waals surface area contributed by atoms with Crippen LogP contribution in [0.3, 0.4) is 0 Å². The Kier molecular flexibility index (Phi) is 4.52. The molecule has 0 bridgehead atoms. The van der Waals surface area contributed by atoms with Crippen molar-refractivity contribution in [2.45, 2.75) is 17.8 Å². The first kappa shape index (κ1) is 16.7. The van der Waals surface area contributed by atoms with Gasteiger partial charge in [0.1, 0.15) is 5.82 Å². The Morgan fingerprint density at radius 1 is 1.20 bits per heavy atom. The van der Waals surface area contributed by atoms with Crippen LogP contribution < -0.4 is 16.4 Å². The maximum Gasteiger partial charge on any atom is 0.279 e. The summed E-state index contributed by atoms with van der Waals surface area (Å²) < 4.78 is 0. The molecule has 3 rings (SSSR count). The largest absolute Gasteiger partial charge is 0.492 e. The Morgan fingerprint density at radius 2 is 1.96 bits per heavy atom. The maximum atomic E-state index is 12.0. The average Bonchev–Trinajstić information content (AvgIpc) is 2.56. The summed E-state index contributed by atoms with van der Waals surface area (Å²) in [4.78, 5) is 48.1. The van der Waals surface area contributed by atoms with E-state index in [2.05, 4.69) is 25.3 Å². The lowest BCUT2D eigenvalue weighted by Gasteiger charge is -2.06. The number of carbonyl (C=O) groups is 1. The summed E-state index contributed by atoms with van der Waals surface area (Å²) in [6.07, 6.45) is 0. The van der Waals surface area contributed by atoms with Gasteiger partial charge < -0.3 is 15.4 Å². The Bertz CT molecular complexity index is 1080. The zero-order valence-electron chi connectivity index (χ0n) is 13.0. The molecule has 1 aromatic carbocycles. The van der Waals surface area contributed by atoms with E-state index in [1.54, 1.807) is 24.3 Å². The first-order valence-corrected chi connectivity index (χ1v) is 8.14. The molecule has 0 fully saturated rings. The molecule has 3 aromatic rings. The standard InChI is InChI=1S/C15H13N5O4S/c1-7(21)16-11-13(23)19-15(20-14(11)24)25-6-10-17-9-5-3-2-4-8(9)12(22)18-10/h2-5H,6H2,1H3,(H,16,21)(H,17,18,22)(H2,19,20,23,24). The van der Waals surface area contributed by atoms with Gasteiger partial charge in [0.25, 0.3) is 11.1 Å². The summed E-state index contributed by atoms with van der Waals surface area (Å²) >= 11 is 1.07. The third-order valence-electron chi connectivity index (χ3n) is 3.19. The highest BCUT2D eigenvalue weighted by molar-refractivity contribution is 7.98. The molecule has 4 N–H and O–H groups in total. The van der Waals surface area contributed by atoms with Gasteiger partial charge in [-0.1, -0.05) is 23.9 Å². The van der Waals surface area contributed by atoms with Crippen LogP contribution >= 0.6 is 11.8 Å². The van der Waals surface area contributed by atoms with E-state index in [4.69, 9.17) is 0 Å². The zero-order chi connectivity index (χ0) is 18.0. The Morgan fingerprint density at radius 3 is 2.68 bits per heavy atom. The number of amides is 1. The number of carbonyl (C=O) groups excluding carboxylic acids is 1. The second-order valence-corrected chi connectivity index (χ2v) is 6.03. The lowest BCUT2D eigenvalue weighted by atomic mass is 10.2. The van der Waals surface area contributed by atoms with E-state index in [0.717, 1.165) is 11.8 Å². The highest BCUT2D eigenvalue weighted by Crippen LogP contribution is 2.21. The average molecular weight is 359 g/mol. The fourth-order valence-corrected chi connectivity index (χ4v) is 2.86. The van der Waals surface area contributed by atoms with Gasteiger partial charge in [0, 0.05) is 6.92 Å². The third-order valence-corrected chi connectivity index (χ3v) is 4.07. The number of anilines is 1. The number of H-pyrrole nitrogens is 2. The van der Waals surface area contributed by atoms with Gasteiger partial charge >= 0.3 is 0 Å². The highest BCUT2D eigenvalue weighted by Gasteiger charge is 2.13. The minimum absolute atomic E-state index is 0.132. The lowest BCUT2D eigenvalue weighted by Crippen LogP contribution is -2.19. The van der Waals surface area contributed by atoms with Gasteiger partial charge in [-0.2, -0.15) is 4.98 Å². The van der Waals surface area contributed by atoms with Gasteiger partial charge in [-0.25, -0.2) is 4.98 Å². The normalized spacial score (nSPS) is 10.8. The number of rotatable bonds is 4. The van der Waals surface area contributed by atoms with E-state index in [9.17, 15) is 19.5 Å². The number of hydrogen-bond donors (Lipinski definition) is 4. The van der Waals surface area contributed by atoms with Crippen LogP contribution in [0.4, 0.5) is 5.69 Å². The van der Waals surface area contributed by atoms with E-state index in [1.165, 1.54) is 6.92 Å². The van der Waals surface area contributed by atoms with Crippen molar-refractivity contribution in [3.8, 4) is 5.88 Å². The van der Waals surface area contributed by atoms with Crippen molar-refractivity contribution in [3.63, 3.8) is 0 Å². The highest BCUT2D eigenvalue weighted by atomic mass is 32.2. The molecule has 2 heterocycles. The number of nitrogens with zero attached hydrogens (tertiary/aromatic N) is 2. The Hall–Kier alpha value is -3.14. The molecule has 0 saturated heterocycles. The van der Waals surface area contributed by atoms with E-state index >= 15 is 0 Å². The molecule has 0 aliphatic rings. The van der Waals surface area contributed by atoms with E-state index in [-0.39, 0.29) is 22.2 Å². The molecular formula is C15H13N5O4S. The van der Waals surface area contributed by atoms with Crippen molar-refractivity contribution in [2.24, 2.45) is 0 Å². The molecule has 0 spiro atoms. The van der Waals surface area contributed by atoms with Crippen LogP contribution in [0.1, 0.15) is 12.7 Å². The van der Waals surface area contributed by atoms with Gasteiger partial charge in [0.2, 0.25) is 11.8 Å². The number of para-hydroxylation sites is 1. The van der Waals surface area contributed by atoms with Crippen LogP contribution in [0.15, 0.2) is 39.0 Å². The molecule has 9 nitrogen and oxygen atoms in total. The fourth-order valence-electron chi connectivity index (χ4n) is 2.14. The quantitative estimate of drug-likeness (QED) is 0.402. The number of thioether (sulfide) groups is 1. The van der Waals surface area contributed by atoms with Crippen molar-refractivity contribution in [2.75, 3.05) is 5.32 Å². The van der Waals surface area contributed by atoms with Crippen molar-refractivity contribution >= 4 is 34.3 Å². The van der Waals surface area contributed by atoms with Crippen LogP contribution in [0.5, 0.6) is 5.88 Å². The summed E-state index contributed by atoms with van der Waals surface area (Å²) in [6, 6.07) is 6.94. The summed E-state index contributed by atoms with van der Waals surface area (Å²) in [5, 5.41) is 12.6. The molecule has 0 atom stereocenters. The smallest absolute Gasteiger partial charge is 0.279 e. The summed E-state index contributed by atoms with van der Waals surface area (Å²) in [5.74, 6) is -0.453. The number of nitrogens with one attached hydrogen (secondary N) is 3. The van der Waals surface area contributed by atoms with Crippen LogP contribution in [0, 0.1) is 0 Å². The fraction of sp³-hybridized carbons (Fsp3) is 0.133. The number of benzene rings is 1. The van der Waals surface area contributed by atoms with Gasteiger partial charge in [0.15, 0.2) is 10.8 Å². The molecule has 128 valence electrons. The van der Waals surface area contributed by atoms with E-state index < -0.39 is 17.3 Å². The van der Waals surface area contributed by atoms with Crippen molar-refractivity contribution in [1.29, 1.82) is 0 Å². The van der Waals surface area contributed by atoms with E-state index in [1.807, 2.05) is 0 Å². The molecule has 2 aromatic heterocycles. The van der Waals surface area contributed by atoms with Gasteiger partial charge in [-0.3, -0.25) is 19.4 Å². The SMILES string of the molecule is CC(=O)Nc1c(O)nc(SCc2nc3ccccc3c(=O)[nH]2)[nH]c1=O. The van der Waals surface area contributed by atoms with Crippen molar-refractivity contribution < 1.29 is 9.90 Å². The molecule has 25 heavy (non-hydrogen) atoms. The number of hydrogen-bond acceptors (Lipinski definition) is 7. The minimum atomic E-state index is -0.676. The summed E-state index contributed by atoms with van der Waals surface area (Å²) in [5.41, 5.74) is -0.682. The Labute approximate surface area is 144 Å². The third kappa shape index (κ3) is 3.69. The predicted octanol–water partition coefficient (Wildman–Crippen LogP) is 0.963. The monoisotopic (exact) mass is 359 g/mol. The molecule has 0 radical (unpaired) electrons. The van der Waals surface area contributed by atoms with E-state index in [0.29, 0.717) is 16.7 Å². The molecule has 0 unspecified atom stereocenters. The molecule has 10 heteroatoms. The first-order valence-electron chi connectivity index (χ1n) is 7.15. The molecule has 0 aliphatic heterocycles. The topological polar surface area (TPSA) is 141 Å². The number of fused-ring (bicyclic) bond motifs is 1. The number of aromatic hydroxyl groups is 1. The number of aromatic nitrogens is 4.